The quantitative estimate of drug-likeness (QED) is 0.594. The fourth-order valence-electron chi connectivity index (χ4n) is 2.97. The van der Waals surface area contributed by atoms with Crippen LogP contribution in [0, 0.1) is 0 Å². The Kier molecular flexibility index (Phi) is 5.32. The topological polar surface area (TPSA) is 142 Å². The molecule has 2 aromatic carbocycles. The second-order valence-corrected chi connectivity index (χ2v) is 9.75. The Morgan fingerprint density at radius 2 is 2.00 bits per heavy atom. The average molecular weight is 441 g/mol. The van der Waals surface area contributed by atoms with Crippen LogP contribution in [0.2, 0.25) is 0 Å². The average Bonchev–Trinajstić information content (AvgIpc) is 2.87. The summed E-state index contributed by atoms with van der Waals surface area (Å²) in [4.78, 5) is 11.4. The Hall–Kier alpha value is -2.99. The van der Waals surface area contributed by atoms with Crippen molar-refractivity contribution in [2.75, 3.05) is 28.9 Å². The largest absolute Gasteiger partial charge is 0.506 e. The molecule has 0 saturated carbocycles. The van der Waals surface area contributed by atoms with E-state index in [9.17, 15) is 26.7 Å². The minimum absolute atomic E-state index is 0.0350. The van der Waals surface area contributed by atoms with Crippen LogP contribution < -0.4 is 18.5 Å². The fraction of sp³-hybridized carbons (Fsp3) is 0.235. The summed E-state index contributed by atoms with van der Waals surface area (Å²) in [5.74, 6) is -0.689. The zero-order valence-electron chi connectivity index (χ0n) is 15.5. The van der Waals surface area contributed by atoms with E-state index < -0.39 is 32.7 Å². The Bertz CT molecular complexity index is 1180. The summed E-state index contributed by atoms with van der Waals surface area (Å²) < 4.78 is 57.6. The van der Waals surface area contributed by atoms with Crippen molar-refractivity contribution in [2.24, 2.45) is 0 Å². The van der Waals surface area contributed by atoms with Crippen LogP contribution in [0.4, 0.5) is 11.4 Å². The van der Waals surface area contributed by atoms with Gasteiger partial charge in [-0.1, -0.05) is 18.2 Å². The van der Waals surface area contributed by atoms with Gasteiger partial charge in [0, 0.05) is 0 Å². The van der Waals surface area contributed by atoms with E-state index in [0.717, 1.165) is 10.6 Å². The lowest BCUT2D eigenvalue weighted by Gasteiger charge is -2.18. The number of aromatic hydroxyl groups is 1. The van der Waals surface area contributed by atoms with E-state index in [1.54, 1.807) is 24.3 Å². The Balaban J connectivity index is 1.95. The molecule has 1 amide bonds. The lowest BCUT2D eigenvalue weighted by atomic mass is 10.0. The van der Waals surface area contributed by atoms with Crippen molar-refractivity contribution in [3.8, 4) is 11.5 Å². The maximum absolute atomic E-state index is 12.0. The molecule has 10 nitrogen and oxygen atoms in total. The molecule has 2 aromatic rings. The highest BCUT2D eigenvalue weighted by Gasteiger charge is 2.35. The number of benzene rings is 2. The van der Waals surface area contributed by atoms with Crippen molar-refractivity contribution in [3.63, 3.8) is 0 Å². The van der Waals surface area contributed by atoms with Crippen LogP contribution >= 0.6 is 0 Å². The first kappa shape index (κ1) is 20.7. The molecule has 0 aliphatic carbocycles. The highest BCUT2D eigenvalue weighted by molar-refractivity contribution is 7.92. The molecule has 0 bridgehead atoms. The maximum Gasteiger partial charge on any atom is 0.326 e. The molecule has 29 heavy (non-hydrogen) atoms. The van der Waals surface area contributed by atoms with Crippen LogP contribution in [0.15, 0.2) is 36.4 Å². The van der Waals surface area contributed by atoms with Crippen molar-refractivity contribution in [1.29, 1.82) is 0 Å². The van der Waals surface area contributed by atoms with E-state index in [0.29, 0.717) is 16.9 Å². The Labute approximate surface area is 168 Å². The minimum atomic E-state index is -4.04. The van der Waals surface area contributed by atoms with Crippen LogP contribution in [0.25, 0.3) is 0 Å². The number of phenolic OH excluding ortho intramolecular Hbond substituents is 1. The third-order valence-corrected chi connectivity index (χ3v) is 6.11. The van der Waals surface area contributed by atoms with Crippen LogP contribution in [-0.2, 0) is 31.4 Å². The van der Waals surface area contributed by atoms with Gasteiger partial charge in [0.25, 0.3) is 5.91 Å². The third kappa shape index (κ3) is 4.54. The van der Waals surface area contributed by atoms with E-state index >= 15 is 0 Å². The number of carbonyl (C=O) groups excluding carboxylic acids is 1. The number of phenols is 1. The van der Waals surface area contributed by atoms with Crippen molar-refractivity contribution in [2.45, 2.75) is 6.42 Å². The predicted octanol–water partition coefficient (Wildman–Crippen LogP) is 0.544. The van der Waals surface area contributed by atoms with Gasteiger partial charge in [-0.05, 0) is 35.7 Å². The number of amides is 1. The summed E-state index contributed by atoms with van der Waals surface area (Å²) in [5, 5.41) is 10.3. The number of hydrogen-bond acceptors (Lipinski definition) is 7. The van der Waals surface area contributed by atoms with Gasteiger partial charge in [-0.15, -0.1) is 0 Å². The van der Waals surface area contributed by atoms with Gasteiger partial charge < -0.3 is 9.84 Å². The summed E-state index contributed by atoms with van der Waals surface area (Å²) in [6, 6.07) is 9.33. The molecule has 1 heterocycles. The number of hydrogen-bond donors (Lipinski definition) is 3. The van der Waals surface area contributed by atoms with Crippen LogP contribution in [-0.4, -0.2) is 47.8 Å². The molecule has 3 N–H and O–H groups in total. The molecule has 0 radical (unpaired) electrons. The van der Waals surface area contributed by atoms with Crippen molar-refractivity contribution < 1.29 is 31.5 Å². The molecular formula is C17H19N3O7S2. The first-order valence-corrected chi connectivity index (χ1v) is 11.6. The molecule has 0 unspecified atom stereocenters. The molecule has 1 aliphatic heterocycles. The number of rotatable bonds is 6. The summed E-state index contributed by atoms with van der Waals surface area (Å²) in [5.41, 5.74) is 1.42. The van der Waals surface area contributed by atoms with E-state index in [2.05, 4.69) is 4.72 Å². The van der Waals surface area contributed by atoms with E-state index in [4.69, 9.17) is 4.74 Å². The van der Waals surface area contributed by atoms with Gasteiger partial charge in [0.1, 0.15) is 18.0 Å². The van der Waals surface area contributed by atoms with Crippen molar-refractivity contribution >= 4 is 37.5 Å². The zero-order valence-corrected chi connectivity index (χ0v) is 17.2. The second-order valence-electron chi connectivity index (χ2n) is 6.41. The predicted molar refractivity (Wildman–Crippen MR) is 107 cm³/mol. The van der Waals surface area contributed by atoms with Crippen LogP contribution in [0.1, 0.15) is 11.1 Å². The summed E-state index contributed by atoms with van der Waals surface area (Å²) >= 11 is 0. The van der Waals surface area contributed by atoms with Crippen molar-refractivity contribution in [1.82, 2.24) is 4.72 Å². The minimum Gasteiger partial charge on any atom is -0.506 e. The van der Waals surface area contributed by atoms with Crippen LogP contribution in [0.3, 0.4) is 0 Å². The number of methoxy groups -OCH3 is 1. The van der Waals surface area contributed by atoms with Gasteiger partial charge in [-0.2, -0.15) is 8.42 Å². The third-order valence-electron chi connectivity index (χ3n) is 4.14. The summed E-state index contributed by atoms with van der Waals surface area (Å²) in [6.07, 6.45) is 1.25. The lowest BCUT2D eigenvalue weighted by molar-refractivity contribution is -0.117. The summed E-state index contributed by atoms with van der Waals surface area (Å²) in [7, 11) is -6.18. The molecule has 1 fully saturated rings. The van der Waals surface area contributed by atoms with Gasteiger partial charge in [-0.3, -0.25) is 9.52 Å². The Morgan fingerprint density at radius 3 is 2.55 bits per heavy atom. The van der Waals surface area contributed by atoms with Gasteiger partial charge in [0.2, 0.25) is 10.0 Å². The number of nitrogens with zero attached hydrogens (tertiary/aromatic N) is 1. The normalized spacial score (nSPS) is 15.8. The Morgan fingerprint density at radius 1 is 1.28 bits per heavy atom. The first-order chi connectivity index (χ1) is 13.5. The number of para-hydroxylation sites is 1. The van der Waals surface area contributed by atoms with Gasteiger partial charge in [-0.25, -0.2) is 17.4 Å². The molecule has 3 rings (SSSR count). The molecule has 0 aromatic heterocycles. The smallest absolute Gasteiger partial charge is 0.326 e. The van der Waals surface area contributed by atoms with Crippen LogP contribution in [0.5, 0.6) is 11.5 Å². The highest BCUT2D eigenvalue weighted by Crippen LogP contribution is 2.34. The molecule has 12 heteroatoms. The molecule has 156 valence electrons. The van der Waals surface area contributed by atoms with Gasteiger partial charge >= 0.3 is 10.2 Å². The number of carbonyl (C=O) groups is 1. The van der Waals surface area contributed by atoms with Gasteiger partial charge in [0.05, 0.1) is 24.7 Å². The molecular weight excluding hydrogens is 422 g/mol. The monoisotopic (exact) mass is 441 g/mol. The maximum atomic E-state index is 12.0. The molecule has 0 spiro atoms. The molecule has 1 aliphatic rings. The number of anilines is 2. The number of ether oxygens (including phenoxy) is 1. The fourth-order valence-corrected chi connectivity index (χ4v) is 4.73. The highest BCUT2D eigenvalue weighted by atomic mass is 32.2. The number of nitrogens with one attached hydrogen (secondary N) is 2. The standard InChI is InChI=1S/C17H19N3O7S2/c1-27-15-5-3-4-12(17(15)19-28(2,23)24)8-11-6-7-13(14(21)9-11)20-10-16(22)18-29(20,25)26/h3-7,9,19,21H,8,10H2,1-2H3,(H,18,22). The SMILES string of the molecule is COc1cccc(Cc2ccc(N3CC(=O)NS3(=O)=O)c(O)c2)c1NS(C)(=O)=O. The molecule has 0 atom stereocenters. The second kappa shape index (κ2) is 7.44. The first-order valence-electron chi connectivity index (χ1n) is 8.29. The lowest BCUT2D eigenvalue weighted by Crippen LogP contribution is -2.29. The number of sulfonamides is 1. The summed E-state index contributed by atoms with van der Waals surface area (Å²) in [6.45, 7) is -0.423. The van der Waals surface area contributed by atoms with Gasteiger partial charge in [0.15, 0.2) is 0 Å². The van der Waals surface area contributed by atoms with E-state index in [1.165, 1.54) is 19.2 Å². The van der Waals surface area contributed by atoms with E-state index in [1.807, 2.05) is 4.72 Å². The van der Waals surface area contributed by atoms with Crippen molar-refractivity contribution in [3.05, 3.63) is 47.5 Å². The zero-order chi connectivity index (χ0) is 21.4. The van der Waals surface area contributed by atoms with E-state index in [-0.39, 0.29) is 23.5 Å². The molecule has 1 saturated heterocycles.